The molecule has 37 heavy (non-hydrogen) atoms. The highest BCUT2D eigenvalue weighted by molar-refractivity contribution is 6.06. The lowest BCUT2D eigenvalue weighted by atomic mass is 9.48. The van der Waals surface area contributed by atoms with Gasteiger partial charge >= 0.3 is 0 Å². The maximum absolute atomic E-state index is 13.8. The zero-order valence-electron chi connectivity index (χ0n) is 21.0. The minimum Gasteiger partial charge on any atom is -0.504 e. The molecule has 2 fully saturated rings. The summed E-state index contributed by atoms with van der Waals surface area (Å²) in [7, 11) is 1.71. The molecule has 0 aromatic heterocycles. The van der Waals surface area contributed by atoms with Crippen molar-refractivity contribution in [3.8, 4) is 23.3 Å². The molecule has 2 aromatic carbocycles. The summed E-state index contributed by atoms with van der Waals surface area (Å²) < 4.78 is 6.44. The molecule has 1 spiro atoms. The number of aromatic hydroxyl groups is 1. The van der Waals surface area contributed by atoms with Crippen LogP contribution >= 0.6 is 0 Å². The second-order valence-corrected chi connectivity index (χ2v) is 10.7. The Labute approximate surface area is 216 Å². The zero-order chi connectivity index (χ0) is 26.1. The van der Waals surface area contributed by atoms with Crippen LogP contribution in [0, 0.1) is 18.8 Å². The number of Topliss-reactive ketones (excluding diaryl/α,β-unsaturated/α-hetero) is 1. The SMILES string of the molecule is C=CCN1CC[C@]23c4c5ccc(O)c4O[C@H]2[C@@H](N(C)C(=O)C#Cc2cccc(C)c2)CC[C@@]3(O)[C@H]1C5=O. The Hall–Kier alpha value is -3.60. The van der Waals surface area contributed by atoms with Gasteiger partial charge in [-0.05, 0) is 56.0 Å². The molecule has 2 aliphatic heterocycles. The van der Waals surface area contributed by atoms with E-state index in [0.717, 1.165) is 11.1 Å². The van der Waals surface area contributed by atoms with E-state index < -0.39 is 23.2 Å². The normalized spacial score (nSPS) is 31.0. The molecular formula is C30H30N2O5. The largest absolute Gasteiger partial charge is 0.504 e. The van der Waals surface area contributed by atoms with Crippen molar-refractivity contribution in [3.63, 3.8) is 0 Å². The third-order valence-corrected chi connectivity index (χ3v) is 8.89. The molecule has 1 saturated heterocycles. The summed E-state index contributed by atoms with van der Waals surface area (Å²) in [6.45, 7) is 6.87. The Bertz CT molecular complexity index is 1410. The van der Waals surface area contributed by atoms with Crippen molar-refractivity contribution in [1.82, 2.24) is 9.80 Å². The van der Waals surface area contributed by atoms with E-state index in [2.05, 4.69) is 18.4 Å². The van der Waals surface area contributed by atoms with Crippen LogP contribution in [0.25, 0.3) is 0 Å². The van der Waals surface area contributed by atoms with Crippen LogP contribution in [0.4, 0.5) is 0 Å². The first kappa shape index (κ1) is 23.8. The minimum atomic E-state index is -1.39. The van der Waals surface area contributed by atoms with E-state index in [9.17, 15) is 19.8 Å². The number of hydrogen-bond donors (Lipinski definition) is 2. The van der Waals surface area contributed by atoms with Crippen LogP contribution in [0.1, 0.15) is 46.3 Å². The zero-order valence-corrected chi connectivity index (χ0v) is 21.0. The average Bonchev–Trinajstić information content (AvgIpc) is 3.22. The number of phenols is 1. The first-order valence-electron chi connectivity index (χ1n) is 12.7. The number of benzene rings is 2. The topological polar surface area (TPSA) is 90.3 Å². The van der Waals surface area contributed by atoms with Gasteiger partial charge in [-0.3, -0.25) is 14.5 Å². The van der Waals surface area contributed by atoms with Gasteiger partial charge in [0.25, 0.3) is 5.91 Å². The van der Waals surface area contributed by atoms with Gasteiger partial charge in [-0.1, -0.05) is 24.1 Å². The maximum Gasteiger partial charge on any atom is 0.298 e. The molecule has 6 rings (SSSR count). The van der Waals surface area contributed by atoms with Crippen molar-refractivity contribution in [3.05, 3.63) is 71.3 Å². The summed E-state index contributed by atoms with van der Waals surface area (Å²) in [5, 5.41) is 23.1. The van der Waals surface area contributed by atoms with Gasteiger partial charge in [0.2, 0.25) is 0 Å². The van der Waals surface area contributed by atoms with E-state index >= 15 is 0 Å². The Morgan fingerprint density at radius 3 is 2.89 bits per heavy atom. The van der Waals surface area contributed by atoms with Crippen LogP contribution in [0.3, 0.4) is 0 Å². The monoisotopic (exact) mass is 498 g/mol. The van der Waals surface area contributed by atoms with Gasteiger partial charge in [0.15, 0.2) is 17.3 Å². The number of rotatable bonds is 3. The first-order chi connectivity index (χ1) is 17.7. The molecule has 4 aliphatic rings. The van der Waals surface area contributed by atoms with Gasteiger partial charge < -0.3 is 19.8 Å². The van der Waals surface area contributed by atoms with Gasteiger partial charge in [0.1, 0.15) is 17.7 Å². The van der Waals surface area contributed by atoms with Crippen molar-refractivity contribution in [2.45, 2.75) is 55.4 Å². The smallest absolute Gasteiger partial charge is 0.298 e. The number of ether oxygens (including phenoxy) is 1. The van der Waals surface area contributed by atoms with Crippen molar-refractivity contribution in [2.75, 3.05) is 20.1 Å². The summed E-state index contributed by atoms with van der Waals surface area (Å²) in [6, 6.07) is 9.66. The minimum absolute atomic E-state index is 0.0587. The summed E-state index contributed by atoms with van der Waals surface area (Å²) >= 11 is 0. The lowest BCUT2D eigenvalue weighted by Crippen LogP contribution is -2.79. The fourth-order valence-electron chi connectivity index (χ4n) is 7.31. The van der Waals surface area contributed by atoms with Gasteiger partial charge in [0, 0.05) is 42.7 Å². The molecular weight excluding hydrogens is 468 g/mol. The van der Waals surface area contributed by atoms with E-state index in [0.29, 0.717) is 43.5 Å². The van der Waals surface area contributed by atoms with Crippen molar-refractivity contribution in [1.29, 1.82) is 0 Å². The summed E-state index contributed by atoms with van der Waals surface area (Å²) in [5.74, 6) is 5.42. The molecule has 190 valence electrons. The molecule has 7 heteroatoms. The third-order valence-electron chi connectivity index (χ3n) is 8.89. The quantitative estimate of drug-likeness (QED) is 0.500. The van der Waals surface area contributed by atoms with Crippen LogP contribution in [-0.4, -0.2) is 75.6 Å². The van der Waals surface area contributed by atoms with Crippen LogP contribution in [0.2, 0.25) is 0 Å². The fourth-order valence-corrected chi connectivity index (χ4v) is 7.31. The molecule has 1 saturated carbocycles. The number of phenolic OH excluding ortho intramolecular Hbond substituents is 1. The van der Waals surface area contributed by atoms with Crippen LogP contribution in [0.15, 0.2) is 49.1 Å². The molecule has 1 amide bonds. The highest BCUT2D eigenvalue weighted by Crippen LogP contribution is 2.65. The number of likely N-dealkylation sites (N-methyl/N-ethyl adjacent to an activating group) is 1. The molecule has 2 N–H and O–H groups in total. The predicted octanol–water partition coefficient (Wildman–Crippen LogP) is 2.56. The van der Waals surface area contributed by atoms with Crippen molar-refractivity contribution >= 4 is 11.7 Å². The summed E-state index contributed by atoms with van der Waals surface area (Å²) in [6.07, 6.45) is 2.42. The molecule has 7 nitrogen and oxygen atoms in total. The Balaban J connectivity index is 1.42. The van der Waals surface area contributed by atoms with Crippen molar-refractivity contribution < 1.29 is 24.5 Å². The molecule has 2 aromatic rings. The van der Waals surface area contributed by atoms with Crippen LogP contribution in [-0.2, 0) is 10.2 Å². The van der Waals surface area contributed by atoms with Crippen LogP contribution in [0.5, 0.6) is 11.5 Å². The number of ketones is 1. The first-order valence-corrected chi connectivity index (χ1v) is 12.7. The third kappa shape index (κ3) is 3.09. The van der Waals surface area contributed by atoms with E-state index in [1.807, 2.05) is 36.1 Å². The molecule has 2 aliphatic carbocycles. The lowest BCUT2D eigenvalue weighted by Gasteiger charge is -2.63. The Morgan fingerprint density at radius 2 is 2.14 bits per heavy atom. The Morgan fingerprint density at radius 1 is 1.32 bits per heavy atom. The molecule has 2 bridgehead atoms. The van der Waals surface area contributed by atoms with Gasteiger partial charge in [-0.15, -0.1) is 6.58 Å². The Kier molecular flexibility index (Phi) is 5.27. The number of aliphatic hydroxyl groups is 1. The standard InChI is InChI=1S/C30H30N2O5/c1-4-15-32-16-14-29-24-20-9-10-22(33)26(24)37-28(29)21(12-13-30(29,36)27(32)25(20)35)31(3)23(34)11-8-19-7-5-6-18(2)17-19/h4-7,9-10,17,21,27-28,33,36H,1,12-16H2,2-3H3/t21-,27+,28-,29-,30+/m0/s1. The fraction of sp³-hybridized carbons (Fsp3) is 0.400. The van der Waals surface area contributed by atoms with E-state index in [1.54, 1.807) is 24.1 Å². The second kappa shape index (κ2) is 8.20. The second-order valence-electron chi connectivity index (χ2n) is 10.7. The molecule has 0 radical (unpaired) electrons. The van der Waals surface area contributed by atoms with E-state index in [1.165, 1.54) is 6.07 Å². The number of carbonyl (C=O) groups is 2. The van der Waals surface area contributed by atoms with E-state index in [-0.39, 0.29) is 29.2 Å². The highest BCUT2D eigenvalue weighted by Gasteiger charge is 2.75. The number of likely N-dealkylation sites (tertiary alicyclic amines) is 1. The number of piperidine rings is 1. The molecule has 0 unspecified atom stereocenters. The summed E-state index contributed by atoms with van der Waals surface area (Å²) in [4.78, 5) is 30.6. The lowest BCUT2D eigenvalue weighted by molar-refractivity contribution is -0.185. The molecule has 5 atom stereocenters. The van der Waals surface area contributed by atoms with Gasteiger partial charge in [0.05, 0.1) is 11.5 Å². The summed E-state index contributed by atoms with van der Waals surface area (Å²) in [5.41, 5.74) is 0.586. The number of hydrogen-bond acceptors (Lipinski definition) is 6. The van der Waals surface area contributed by atoms with Gasteiger partial charge in [-0.2, -0.15) is 0 Å². The van der Waals surface area contributed by atoms with E-state index in [4.69, 9.17) is 4.74 Å². The maximum atomic E-state index is 13.8. The number of amides is 1. The molecule has 2 heterocycles. The van der Waals surface area contributed by atoms with Gasteiger partial charge in [-0.25, -0.2) is 0 Å². The number of aryl methyl sites for hydroxylation is 1. The predicted molar refractivity (Wildman–Crippen MR) is 138 cm³/mol. The number of carbonyl (C=O) groups excluding carboxylic acids is 2. The average molecular weight is 499 g/mol. The van der Waals surface area contributed by atoms with Crippen molar-refractivity contribution in [2.24, 2.45) is 0 Å². The highest BCUT2D eigenvalue weighted by atomic mass is 16.5. The number of nitrogens with zero attached hydrogens (tertiary/aromatic N) is 2. The van der Waals surface area contributed by atoms with Crippen LogP contribution < -0.4 is 4.74 Å².